The maximum atomic E-state index is 12.5. The number of ether oxygens (including phenoxy) is 1. The van der Waals surface area contributed by atoms with Crippen molar-refractivity contribution in [2.24, 2.45) is 0 Å². The molecule has 0 spiro atoms. The lowest BCUT2D eigenvalue weighted by Gasteiger charge is -2.20. The summed E-state index contributed by atoms with van der Waals surface area (Å²) in [6.07, 6.45) is 93.4. The number of aliphatic hydroxyl groups is 2. The van der Waals surface area contributed by atoms with Crippen LogP contribution in [-0.4, -0.2) is 47.4 Å². The van der Waals surface area contributed by atoms with E-state index in [9.17, 15) is 19.8 Å². The highest BCUT2D eigenvalue weighted by molar-refractivity contribution is 5.76. The van der Waals surface area contributed by atoms with Crippen molar-refractivity contribution in [2.75, 3.05) is 13.2 Å². The summed E-state index contributed by atoms with van der Waals surface area (Å²) >= 11 is 0. The van der Waals surface area contributed by atoms with Gasteiger partial charge in [-0.05, 0) is 89.9 Å². The van der Waals surface area contributed by atoms with Gasteiger partial charge in [-0.2, -0.15) is 0 Å². The predicted molar refractivity (Wildman–Crippen MR) is 361 cm³/mol. The standard InChI is InChI=1S/C76H143NO5/c1-3-5-7-9-11-13-15-17-19-21-33-36-40-44-48-52-56-60-64-68-74(79)73(72-78)77-75(80)69-65-61-57-53-49-45-41-37-34-31-29-27-25-23-24-26-28-30-32-35-39-43-47-51-55-59-63-67-71-82-76(81)70-66-62-58-54-50-46-42-38-22-20-18-16-14-12-10-8-6-4-2/h14,16,20,22-24,64,68,73-74,78-79H,3-13,15,17-19,21,25-63,65-67,69-72H2,1-2H3,(H,77,80)/b16-14-,22-20-,24-23-,68-64+. The van der Waals surface area contributed by atoms with Crippen molar-refractivity contribution in [3.8, 4) is 0 Å². The molecule has 0 saturated heterocycles. The Morgan fingerprint density at radius 1 is 0.341 bits per heavy atom. The smallest absolute Gasteiger partial charge is 0.305 e. The average molecular weight is 1150 g/mol. The monoisotopic (exact) mass is 1150 g/mol. The minimum atomic E-state index is -0.846. The molecule has 1 amide bonds. The quantitative estimate of drug-likeness (QED) is 0.0320. The Labute approximate surface area is 512 Å². The molecule has 6 heteroatoms. The number of carbonyl (C=O) groups excluding carboxylic acids is 2. The summed E-state index contributed by atoms with van der Waals surface area (Å²) in [6, 6.07) is -0.629. The highest BCUT2D eigenvalue weighted by Crippen LogP contribution is 2.18. The molecule has 0 heterocycles. The first-order chi connectivity index (χ1) is 40.5. The third kappa shape index (κ3) is 67.0. The fourth-order valence-corrected chi connectivity index (χ4v) is 11.4. The van der Waals surface area contributed by atoms with Crippen molar-refractivity contribution >= 4 is 11.9 Å². The number of aliphatic hydroxyl groups excluding tert-OH is 2. The number of allylic oxidation sites excluding steroid dienone is 7. The van der Waals surface area contributed by atoms with Gasteiger partial charge < -0.3 is 20.3 Å². The lowest BCUT2D eigenvalue weighted by molar-refractivity contribution is -0.143. The molecular weight excluding hydrogens is 1010 g/mol. The van der Waals surface area contributed by atoms with Gasteiger partial charge in [-0.1, -0.05) is 345 Å². The van der Waals surface area contributed by atoms with Gasteiger partial charge in [0.1, 0.15) is 0 Å². The van der Waals surface area contributed by atoms with Gasteiger partial charge in [-0.15, -0.1) is 0 Å². The van der Waals surface area contributed by atoms with Gasteiger partial charge in [0.25, 0.3) is 0 Å². The summed E-state index contributed by atoms with van der Waals surface area (Å²) in [5.41, 5.74) is 0. The van der Waals surface area contributed by atoms with Crippen LogP contribution in [0.2, 0.25) is 0 Å². The maximum absolute atomic E-state index is 12.5. The molecule has 2 unspecified atom stereocenters. The van der Waals surface area contributed by atoms with E-state index in [0.717, 1.165) is 51.4 Å². The van der Waals surface area contributed by atoms with Crippen LogP contribution < -0.4 is 5.32 Å². The van der Waals surface area contributed by atoms with Crippen molar-refractivity contribution in [3.05, 3.63) is 48.6 Å². The van der Waals surface area contributed by atoms with Crippen molar-refractivity contribution < 1.29 is 24.5 Å². The van der Waals surface area contributed by atoms with Crippen LogP contribution in [0.3, 0.4) is 0 Å². The average Bonchev–Trinajstić information content (AvgIpc) is 3.48. The zero-order valence-electron chi connectivity index (χ0n) is 55.2. The summed E-state index contributed by atoms with van der Waals surface area (Å²) in [4.78, 5) is 24.6. The molecule has 2 atom stereocenters. The zero-order valence-corrected chi connectivity index (χ0v) is 55.2. The number of hydrogen-bond acceptors (Lipinski definition) is 5. The van der Waals surface area contributed by atoms with Crippen LogP contribution >= 0.6 is 0 Å². The van der Waals surface area contributed by atoms with Crippen molar-refractivity contribution in [3.63, 3.8) is 0 Å². The highest BCUT2D eigenvalue weighted by atomic mass is 16.5. The molecule has 482 valence electrons. The number of unbranched alkanes of at least 4 members (excludes halogenated alkanes) is 52. The molecule has 0 aliphatic heterocycles. The van der Waals surface area contributed by atoms with Gasteiger partial charge in [-0.3, -0.25) is 9.59 Å². The molecule has 0 saturated carbocycles. The fraction of sp³-hybridized carbons (Fsp3) is 0.868. The second-order valence-electron chi connectivity index (χ2n) is 25.3. The Kier molecular flexibility index (Phi) is 69.4. The van der Waals surface area contributed by atoms with E-state index in [2.05, 4.69) is 55.6 Å². The molecule has 0 radical (unpaired) electrons. The summed E-state index contributed by atoms with van der Waals surface area (Å²) < 4.78 is 5.50. The van der Waals surface area contributed by atoms with Crippen molar-refractivity contribution in [2.45, 2.75) is 411 Å². The number of esters is 1. The topological polar surface area (TPSA) is 95.9 Å². The second-order valence-corrected chi connectivity index (χ2v) is 25.3. The van der Waals surface area contributed by atoms with E-state index < -0.39 is 12.1 Å². The summed E-state index contributed by atoms with van der Waals surface area (Å²) in [7, 11) is 0. The minimum Gasteiger partial charge on any atom is -0.466 e. The highest BCUT2D eigenvalue weighted by Gasteiger charge is 2.18. The first-order valence-electron chi connectivity index (χ1n) is 36.9. The van der Waals surface area contributed by atoms with E-state index in [1.165, 1.54) is 321 Å². The van der Waals surface area contributed by atoms with Crippen LogP contribution in [0, 0.1) is 0 Å². The lowest BCUT2D eigenvalue weighted by atomic mass is 10.0. The van der Waals surface area contributed by atoms with E-state index in [0.29, 0.717) is 19.4 Å². The van der Waals surface area contributed by atoms with E-state index in [-0.39, 0.29) is 18.5 Å². The zero-order chi connectivity index (χ0) is 59.2. The third-order valence-electron chi connectivity index (χ3n) is 17.1. The SMILES string of the molecule is CCCCCC/C=C\C/C=C\CCCCCCCCCC(=O)OCCCCCCCCCCCCCC/C=C\CCCCCCCCCCCCCCC(=O)NC(CO)C(O)/C=C/CCCCCCCCCCCCCCCCCCC. The van der Waals surface area contributed by atoms with Crippen LogP contribution in [0.15, 0.2) is 48.6 Å². The predicted octanol–water partition coefficient (Wildman–Crippen LogP) is 24.0. The Morgan fingerprint density at radius 3 is 0.951 bits per heavy atom. The Hall–Kier alpha value is -2.18. The number of nitrogens with one attached hydrogen (secondary N) is 1. The summed E-state index contributed by atoms with van der Waals surface area (Å²) in [5, 5.41) is 23.2. The van der Waals surface area contributed by atoms with E-state index in [4.69, 9.17) is 4.74 Å². The van der Waals surface area contributed by atoms with Crippen LogP contribution in [0.4, 0.5) is 0 Å². The third-order valence-corrected chi connectivity index (χ3v) is 17.1. The molecule has 6 nitrogen and oxygen atoms in total. The molecule has 0 bridgehead atoms. The second kappa shape index (κ2) is 71.3. The summed E-state index contributed by atoms with van der Waals surface area (Å²) in [6.45, 7) is 4.92. The Morgan fingerprint density at radius 2 is 0.610 bits per heavy atom. The molecule has 0 fully saturated rings. The number of rotatable bonds is 69. The van der Waals surface area contributed by atoms with Crippen LogP contribution in [-0.2, 0) is 14.3 Å². The normalized spacial score (nSPS) is 12.8. The molecule has 0 aromatic heterocycles. The van der Waals surface area contributed by atoms with Crippen LogP contribution in [0.25, 0.3) is 0 Å². The first-order valence-corrected chi connectivity index (χ1v) is 36.9. The lowest BCUT2D eigenvalue weighted by Crippen LogP contribution is -2.45. The van der Waals surface area contributed by atoms with E-state index in [1.54, 1.807) is 6.08 Å². The first kappa shape index (κ1) is 79.8. The molecule has 82 heavy (non-hydrogen) atoms. The number of carbonyl (C=O) groups is 2. The van der Waals surface area contributed by atoms with Gasteiger partial charge in [0.05, 0.1) is 25.4 Å². The Bertz CT molecular complexity index is 1370. The van der Waals surface area contributed by atoms with Crippen LogP contribution in [0.1, 0.15) is 399 Å². The van der Waals surface area contributed by atoms with Crippen molar-refractivity contribution in [1.29, 1.82) is 0 Å². The van der Waals surface area contributed by atoms with E-state index in [1.807, 2.05) is 6.08 Å². The molecular formula is C76H143NO5. The largest absolute Gasteiger partial charge is 0.466 e. The van der Waals surface area contributed by atoms with Crippen molar-refractivity contribution in [1.82, 2.24) is 5.32 Å². The number of amides is 1. The summed E-state index contributed by atoms with van der Waals surface area (Å²) in [5.74, 6) is -0.0565. The Balaban J connectivity index is 3.40. The molecule has 0 aliphatic rings. The van der Waals surface area contributed by atoms with Gasteiger partial charge >= 0.3 is 5.97 Å². The molecule has 0 aliphatic carbocycles. The van der Waals surface area contributed by atoms with Gasteiger partial charge in [0.15, 0.2) is 0 Å². The van der Waals surface area contributed by atoms with E-state index >= 15 is 0 Å². The fourth-order valence-electron chi connectivity index (χ4n) is 11.4. The van der Waals surface area contributed by atoms with Gasteiger partial charge in [0, 0.05) is 12.8 Å². The minimum absolute atomic E-state index is 0.00844. The van der Waals surface area contributed by atoms with Gasteiger partial charge in [0.2, 0.25) is 5.91 Å². The number of hydrogen-bond donors (Lipinski definition) is 3. The van der Waals surface area contributed by atoms with Crippen LogP contribution in [0.5, 0.6) is 0 Å². The van der Waals surface area contributed by atoms with Gasteiger partial charge in [-0.25, -0.2) is 0 Å². The molecule has 0 aromatic carbocycles. The maximum Gasteiger partial charge on any atom is 0.305 e. The molecule has 0 rings (SSSR count). The molecule has 0 aromatic rings. The molecule has 3 N–H and O–H groups in total.